The molecule has 1 aromatic rings. The summed E-state index contributed by atoms with van der Waals surface area (Å²) in [6.45, 7) is 1.87. The Labute approximate surface area is 85.2 Å². The van der Waals surface area contributed by atoms with Crippen molar-refractivity contribution in [2.24, 2.45) is 0 Å². The number of hydrogen-bond acceptors (Lipinski definition) is 2. The van der Waals surface area contributed by atoms with Crippen molar-refractivity contribution in [3.63, 3.8) is 0 Å². The summed E-state index contributed by atoms with van der Waals surface area (Å²) >= 11 is 0. The molecule has 0 fully saturated rings. The summed E-state index contributed by atoms with van der Waals surface area (Å²) < 4.78 is 10.4. The third-order valence-corrected chi connectivity index (χ3v) is 2.19. The summed E-state index contributed by atoms with van der Waals surface area (Å²) in [7, 11) is 3.25. The van der Waals surface area contributed by atoms with Crippen molar-refractivity contribution in [2.75, 3.05) is 14.2 Å². The van der Waals surface area contributed by atoms with Gasteiger partial charge in [-0.3, -0.25) is 0 Å². The molecule has 0 spiro atoms. The van der Waals surface area contributed by atoms with Gasteiger partial charge in [0.15, 0.2) is 5.79 Å². The van der Waals surface area contributed by atoms with Gasteiger partial charge >= 0.3 is 0 Å². The Morgan fingerprint density at radius 1 is 1.07 bits per heavy atom. The van der Waals surface area contributed by atoms with Gasteiger partial charge in [0.2, 0.25) is 0 Å². The summed E-state index contributed by atoms with van der Waals surface area (Å²) in [6.07, 6.45) is 3.87. The van der Waals surface area contributed by atoms with Crippen molar-refractivity contribution in [3.8, 4) is 0 Å². The molecule has 0 bridgehead atoms. The van der Waals surface area contributed by atoms with E-state index in [0.29, 0.717) is 0 Å². The highest BCUT2D eigenvalue weighted by atomic mass is 16.7. The van der Waals surface area contributed by atoms with Gasteiger partial charge in [-0.05, 0) is 18.6 Å². The van der Waals surface area contributed by atoms with Crippen LogP contribution in [-0.2, 0) is 9.47 Å². The first-order valence-corrected chi connectivity index (χ1v) is 4.55. The fourth-order valence-corrected chi connectivity index (χ4v) is 1.03. The summed E-state index contributed by atoms with van der Waals surface area (Å²) in [6, 6.07) is 10.0. The van der Waals surface area contributed by atoms with Crippen LogP contribution in [0.1, 0.15) is 12.5 Å². The third-order valence-electron chi connectivity index (χ3n) is 2.19. The molecule has 0 atom stereocenters. The Bertz CT molecular complexity index is 286. The smallest absolute Gasteiger partial charge is 0.184 e. The molecular weight excluding hydrogens is 176 g/mol. The molecule has 0 aliphatic carbocycles. The molecule has 0 saturated heterocycles. The van der Waals surface area contributed by atoms with Crippen molar-refractivity contribution < 1.29 is 9.47 Å². The molecule has 14 heavy (non-hydrogen) atoms. The van der Waals surface area contributed by atoms with Crippen LogP contribution >= 0.6 is 0 Å². The van der Waals surface area contributed by atoms with Gasteiger partial charge in [-0.25, -0.2) is 0 Å². The highest BCUT2D eigenvalue weighted by molar-refractivity contribution is 5.49. The molecule has 0 radical (unpaired) electrons. The zero-order valence-electron chi connectivity index (χ0n) is 8.86. The summed E-state index contributed by atoms with van der Waals surface area (Å²) in [5.74, 6) is -0.643. The normalized spacial score (nSPS) is 12.2. The maximum Gasteiger partial charge on any atom is 0.184 e. The van der Waals surface area contributed by atoms with Crippen LogP contribution in [0.3, 0.4) is 0 Å². The topological polar surface area (TPSA) is 18.5 Å². The van der Waals surface area contributed by atoms with Crippen molar-refractivity contribution in [2.45, 2.75) is 12.7 Å². The molecule has 1 rings (SSSR count). The van der Waals surface area contributed by atoms with E-state index in [4.69, 9.17) is 9.47 Å². The van der Waals surface area contributed by atoms with Crippen LogP contribution in [0.15, 0.2) is 36.4 Å². The largest absolute Gasteiger partial charge is 0.350 e. The lowest BCUT2D eigenvalue weighted by molar-refractivity contribution is -0.155. The first kappa shape index (κ1) is 11.0. The van der Waals surface area contributed by atoms with Crippen LogP contribution in [0.5, 0.6) is 0 Å². The Hall–Kier alpha value is -1.12. The Morgan fingerprint density at radius 3 is 2.14 bits per heavy atom. The molecule has 0 amide bonds. The maximum atomic E-state index is 5.20. The zero-order chi connectivity index (χ0) is 10.4. The molecule has 0 N–H and O–H groups in total. The van der Waals surface area contributed by atoms with Gasteiger partial charge in [-0.15, -0.1) is 0 Å². The van der Waals surface area contributed by atoms with Gasteiger partial charge in [-0.2, -0.15) is 0 Å². The lowest BCUT2D eigenvalue weighted by Crippen LogP contribution is -2.26. The van der Waals surface area contributed by atoms with Crippen LogP contribution in [0.4, 0.5) is 0 Å². The van der Waals surface area contributed by atoms with Gasteiger partial charge in [-0.1, -0.05) is 36.4 Å². The van der Waals surface area contributed by atoms with Crippen molar-refractivity contribution in [1.82, 2.24) is 0 Å². The van der Waals surface area contributed by atoms with Crippen molar-refractivity contribution >= 4 is 6.08 Å². The average molecular weight is 192 g/mol. The summed E-state index contributed by atoms with van der Waals surface area (Å²) in [4.78, 5) is 0. The van der Waals surface area contributed by atoms with Gasteiger partial charge in [0.1, 0.15) is 0 Å². The monoisotopic (exact) mass is 192 g/mol. The van der Waals surface area contributed by atoms with E-state index in [9.17, 15) is 0 Å². The second-order valence-electron chi connectivity index (χ2n) is 3.17. The fourth-order valence-electron chi connectivity index (χ4n) is 1.03. The number of methoxy groups -OCH3 is 2. The predicted molar refractivity (Wildman–Crippen MR) is 57.9 cm³/mol. The number of benzene rings is 1. The van der Waals surface area contributed by atoms with E-state index < -0.39 is 5.79 Å². The highest BCUT2D eigenvalue weighted by Crippen LogP contribution is 2.13. The van der Waals surface area contributed by atoms with E-state index in [1.54, 1.807) is 14.2 Å². The van der Waals surface area contributed by atoms with E-state index in [1.807, 2.05) is 49.4 Å². The SMILES string of the molecule is COC(C)(C=Cc1ccccc1)OC. The average Bonchev–Trinajstić information content (AvgIpc) is 2.27. The Morgan fingerprint density at radius 2 is 1.64 bits per heavy atom. The molecule has 0 aliphatic rings. The van der Waals surface area contributed by atoms with Crippen LogP contribution in [0, 0.1) is 0 Å². The fraction of sp³-hybridized carbons (Fsp3) is 0.333. The molecule has 76 valence electrons. The number of ether oxygens (including phenoxy) is 2. The number of hydrogen-bond donors (Lipinski definition) is 0. The predicted octanol–water partition coefficient (Wildman–Crippen LogP) is 2.71. The van der Waals surface area contributed by atoms with Crippen LogP contribution in [-0.4, -0.2) is 20.0 Å². The minimum absolute atomic E-state index is 0.643. The first-order valence-electron chi connectivity index (χ1n) is 4.55. The van der Waals surface area contributed by atoms with Gasteiger partial charge in [0.25, 0.3) is 0 Å². The highest BCUT2D eigenvalue weighted by Gasteiger charge is 2.17. The van der Waals surface area contributed by atoms with Crippen LogP contribution < -0.4 is 0 Å². The van der Waals surface area contributed by atoms with E-state index >= 15 is 0 Å². The second-order valence-corrected chi connectivity index (χ2v) is 3.17. The minimum Gasteiger partial charge on any atom is -0.350 e. The molecular formula is C12H16O2. The van der Waals surface area contributed by atoms with Crippen molar-refractivity contribution in [3.05, 3.63) is 42.0 Å². The zero-order valence-corrected chi connectivity index (χ0v) is 8.86. The van der Waals surface area contributed by atoms with E-state index in [1.165, 1.54) is 0 Å². The molecule has 0 aromatic heterocycles. The van der Waals surface area contributed by atoms with Gasteiger partial charge < -0.3 is 9.47 Å². The molecule has 2 nitrogen and oxygen atoms in total. The van der Waals surface area contributed by atoms with E-state index in [2.05, 4.69) is 0 Å². The molecule has 1 aromatic carbocycles. The quantitative estimate of drug-likeness (QED) is 0.683. The minimum atomic E-state index is -0.643. The summed E-state index contributed by atoms with van der Waals surface area (Å²) in [5.41, 5.74) is 1.13. The maximum absolute atomic E-state index is 5.20. The standard InChI is InChI=1S/C12H16O2/c1-12(13-2,14-3)10-9-11-7-5-4-6-8-11/h4-10H,1-3H3. The van der Waals surface area contributed by atoms with E-state index in [-0.39, 0.29) is 0 Å². The number of rotatable bonds is 4. The lowest BCUT2D eigenvalue weighted by Gasteiger charge is -2.21. The summed E-state index contributed by atoms with van der Waals surface area (Å²) in [5, 5.41) is 0. The molecule has 0 saturated carbocycles. The van der Waals surface area contributed by atoms with Crippen LogP contribution in [0.25, 0.3) is 6.08 Å². The molecule has 0 aliphatic heterocycles. The molecule has 2 heteroatoms. The first-order chi connectivity index (χ1) is 6.70. The Kier molecular flexibility index (Phi) is 3.86. The van der Waals surface area contributed by atoms with Crippen molar-refractivity contribution in [1.29, 1.82) is 0 Å². The molecule has 0 unspecified atom stereocenters. The van der Waals surface area contributed by atoms with Gasteiger partial charge in [0, 0.05) is 14.2 Å². The third kappa shape index (κ3) is 2.98. The second kappa shape index (κ2) is 4.94. The van der Waals surface area contributed by atoms with Crippen LogP contribution in [0.2, 0.25) is 0 Å². The van der Waals surface area contributed by atoms with E-state index in [0.717, 1.165) is 5.56 Å². The Balaban J connectivity index is 2.72. The molecule has 0 heterocycles. The lowest BCUT2D eigenvalue weighted by atomic mass is 10.2. The van der Waals surface area contributed by atoms with Gasteiger partial charge in [0.05, 0.1) is 0 Å².